The molecule has 0 saturated carbocycles. The van der Waals surface area contributed by atoms with Gasteiger partial charge in [0.05, 0.1) is 12.0 Å². The lowest BCUT2D eigenvalue weighted by Crippen LogP contribution is -2.34. The number of hydrogen-bond donors (Lipinski definition) is 2. The maximum atomic E-state index is 11.9. The Labute approximate surface area is 109 Å². The van der Waals surface area contributed by atoms with E-state index in [1.54, 1.807) is 0 Å². The zero-order valence-corrected chi connectivity index (χ0v) is 11.4. The Hall–Kier alpha value is -1.35. The number of aliphatic hydroxyl groups excluding tert-OH is 1. The number of hydrogen-bond acceptors (Lipinski definition) is 2. The molecule has 100 valence electrons. The Bertz CT molecular complexity index is 390. The van der Waals surface area contributed by atoms with Crippen LogP contribution in [0.3, 0.4) is 0 Å². The van der Waals surface area contributed by atoms with E-state index < -0.39 is 6.10 Å². The molecule has 0 radical (unpaired) electrons. The molecule has 2 atom stereocenters. The number of carbonyl (C=O) groups is 1. The highest BCUT2D eigenvalue weighted by molar-refractivity contribution is 5.83. The maximum absolute atomic E-state index is 11.9. The molecule has 0 saturated heterocycles. The van der Waals surface area contributed by atoms with Crippen LogP contribution in [0.4, 0.5) is 0 Å². The van der Waals surface area contributed by atoms with Crippen molar-refractivity contribution < 1.29 is 9.90 Å². The van der Waals surface area contributed by atoms with Gasteiger partial charge >= 0.3 is 0 Å². The van der Waals surface area contributed by atoms with Crippen molar-refractivity contribution in [2.75, 3.05) is 6.54 Å². The molecule has 0 aliphatic carbocycles. The van der Waals surface area contributed by atoms with Crippen LogP contribution in [0, 0.1) is 6.92 Å². The Morgan fingerprint density at radius 2 is 2.17 bits per heavy atom. The zero-order chi connectivity index (χ0) is 13.5. The van der Waals surface area contributed by atoms with E-state index in [1.165, 1.54) is 0 Å². The van der Waals surface area contributed by atoms with Crippen molar-refractivity contribution in [3.63, 3.8) is 0 Å². The topological polar surface area (TPSA) is 49.3 Å². The van der Waals surface area contributed by atoms with Crippen molar-refractivity contribution in [1.82, 2.24) is 5.32 Å². The molecular weight excluding hydrogens is 226 g/mol. The minimum Gasteiger partial charge on any atom is -0.391 e. The third-order valence-electron chi connectivity index (χ3n) is 3.07. The van der Waals surface area contributed by atoms with E-state index in [0.717, 1.165) is 24.0 Å². The number of amides is 1. The van der Waals surface area contributed by atoms with Gasteiger partial charge in [0.25, 0.3) is 0 Å². The SMILES string of the molecule is CCCC(O)CNC(=O)C(C)c1cccc(C)c1. The van der Waals surface area contributed by atoms with E-state index in [0.29, 0.717) is 6.54 Å². The first-order valence-corrected chi connectivity index (χ1v) is 6.57. The third kappa shape index (κ3) is 4.49. The van der Waals surface area contributed by atoms with Crippen LogP contribution < -0.4 is 5.32 Å². The molecule has 0 aliphatic heterocycles. The predicted molar refractivity (Wildman–Crippen MR) is 73.5 cm³/mol. The maximum Gasteiger partial charge on any atom is 0.227 e. The molecule has 3 heteroatoms. The number of benzene rings is 1. The number of aryl methyl sites for hydroxylation is 1. The highest BCUT2D eigenvalue weighted by Gasteiger charge is 2.15. The molecular formula is C15H23NO2. The van der Waals surface area contributed by atoms with Crippen LogP contribution in [0.25, 0.3) is 0 Å². The smallest absolute Gasteiger partial charge is 0.227 e. The Kier molecular flexibility index (Phi) is 5.86. The summed E-state index contributed by atoms with van der Waals surface area (Å²) in [6.45, 7) is 6.25. The average molecular weight is 249 g/mol. The summed E-state index contributed by atoms with van der Waals surface area (Å²) in [6, 6.07) is 7.95. The first-order valence-electron chi connectivity index (χ1n) is 6.57. The van der Waals surface area contributed by atoms with Crippen LogP contribution >= 0.6 is 0 Å². The van der Waals surface area contributed by atoms with Crippen molar-refractivity contribution in [2.45, 2.75) is 45.6 Å². The standard InChI is InChI=1S/C15H23NO2/c1-4-6-14(17)10-16-15(18)12(3)13-8-5-7-11(2)9-13/h5,7-9,12,14,17H,4,6,10H2,1-3H3,(H,16,18). The molecule has 1 aromatic carbocycles. The predicted octanol–water partition coefficient (Wildman–Crippen LogP) is 2.38. The fourth-order valence-electron chi connectivity index (χ4n) is 1.90. The third-order valence-corrected chi connectivity index (χ3v) is 3.07. The van der Waals surface area contributed by atoms with Gasteiger partial charge in [0, 0.05) is 6.54 Å². The summed E-state index contributed by atoms with van der Waals surface area (Å²) in [4.78, 5) is 11.9. The Morgan fingerprint density at radius 1 is 1.44 bits per heavy atom. The van der Waals surface area contributed by atoms with Gasteiger partial charge in [-0.3, -0.25) is 4.79 Å². The molecule has 0 aliphatic rings. The number of carbonyl (C=O) groups excluding carboxylic acids is 1. The Balaban J connectivity index is 2.51. The van der Waals surface area contributed by atoms with Gasteiger partial charge in [0.15, 0.2) is 0 Å². The molecule has 1 amide bonds. The van der Waals surface area contributed by atoms with Crippen molar-refractivity contribution >= 4 is 5.91 Å². The molecule has 2 unspecified atom stereocenters. The first-order chi connectivity index (χ1) is 8.54. The van der Waals surface area contributed by atoms with E-state index in [-0.39, 0.29) is 11.8 Å². The van der Waals surface area contributed by atoms with Gasteiger partial charge in [-0.25, -0.2) is 0 Å². The lowest BCUT2D eigenvalue weighted by molar-refractivity contribution is -0.122. The summed E-state index contributed by atoms with van der Waals surface area (Å²) in [5.41, 5.74) is 2.16. The fraction of sp³-hybridized carbons (Fsp3) is 0.533. The summed E-state index contributed by atoms with van der Waals surface area (Å²) < 4.78 is 0. The van der Waals surface area contributed by atoms with Crippen LogP contribution in [0.1, 0.15) is 43.7 Å². The minimum absolute atomic E-state index is 0.0317. The molecule has 0 heterocycles. The van der Waals surface area contributed by atoms with Crippen molar-refractivity contribution in [3.05, 3.63) is 35.4 Å². The molecule has 1 aromatic rings. The van der Waals surface area contributed by atoms with Crippen LogP contribution in [0.2, 0.25) is 0 Å². The molecule has 2 N–H and O–H groups in total. The lowest BCUT2D eigenvalue weighted by atomic mass is 9.98. The molecule has 3 nitrogen and oxygen atoms in total. The summed E-state index contributed by atoms with van der Waals surface area (Å²) >= 11 is 0. The molecule has 0 bridgehead atoms. The van der Waals surface area contributed by atoms with Gasteiger partial charge in [0.2, 0.25) is 5.91 Å². The van der Waals surface area contributed by atoms with Gasteiger partial charge in [-0.1, -0.05) is 43.2 Å². The van der Waals surface area contributed by atoms with Crippen LogP contribution in [0.15, 0.2) is 24.3 Å². The van der Waals surface area contributed by atoms with E-state index in [4.69, 9.17) is 0 Å². The molecule has 1 rings (SSSR count). The van der Waals surface area contributed by atoms with Gasteiger partial charge in [-0.05, 0) is 25.8 Å². The Morgan fingerprint density at radius 3 is 2.78 bits per heavy atom. The second kappa shape index (κ2) is 7.17. The van der Waals surface area contributed by atoms with Crippen molar-refractivity contribution in [1.29, 1.82) is 0 Å². The van der Waals surface area contributed by atoms with E-state index in [2.05, 4.69) is 5.32 Å². The lowest BCUT2D eigenvalue weighted by Gasteiger charge is -2.15. The minimum atomic E-state index is -0.441. The monoisotopic (exact) mass is 249 g/mol. The van der Waals surface area contributed by atoms with Gasteiger partial charge in [0.1, 0.15) is 0 Å². The summed E-state index contributed by atoms with van der Waals surface area (Å²) in [5, 5.41) is 12.4. The van der Waals surface area contributed by atoms with Crippen LogP contribution in [-0.4, -0.2) is 23.7 Å². The quantitative estimate of drug-likeness (QED) is 0.813. The first kappa shape index (κ1) is 14.7. The molecule has 0 fully saturated rings. The van der Waals surface area contributed by atoms with Crippen molar-refractivity contribution in [3.8, 4) is 0 Å². The highest BCUT2D eigenvalue weighted by atomic mass is 16.3. The van der Waals surface area contributed by atoms with Crippen molar-refractivity contribution in [2.24, 2.45) is 0 Å². The normalized spacial score (nSPS) is 14.0. The summed E-state index contributed by atoms with van der Waals surface area (Å²) in [6.07, 6.45) is 1.20. The van der Waals surface area contributed by atoms with E-state index in [1.807, 2.05) is 45.0 Å². The molecule has 0 spiro atoms. The van der Waals surface area contributed by atoms with Gasteiger partial charge in [-0.2, -0.15) is 0 Å². The second-order valence-electron chi connectivity index (χ2n) is 4.82. The fourth-order valence-corrected chi connectivity index (χ4v) is 1.90. The largest absolute Gasteiger partial charge is 0.391 e. The summed E-state index contributed by atoms with van der Waals surface area (Å²) in [5.74, 6) is -0.213. The highest BCUT2D eigenvalue weighted by Crippen LogP contribution is 2.16. The zero-order valence-electron chi connectivity index (χ0n) is 11.4. The second-order valence-corrected chi connectivity index (χ2v) is 4.82. The van der Waals surface area contributed by atoms with E-state index in [9.17, 15) is 9.90 Å². The summed E-state index contributed by atoms with van der Waals surface area (Å²) in [7, 11) is 0. The average Bonchev–Trinajstić information content (AvgIpc) is 2.35. The van der Waals surface area contributed by atoms with Crippen LogP contribution in [0.5, 0.6) is 0 Å². The molecule has 0 aromatic heterocycles. The van der Waals surface area contributed by atoms with Crippen LogP contribution in [-0.2, 0) is 4.79 Å². The number of aliphatic hydroxyl groups is 1. The number of rotatable bonds is 6. The number of nitrogens with one attached hydrogen (secondary N) is 1. The molecule has 18 heavy (non-hydrogen) atoms. The van der Waals surface area contributed by atoms with Gasteiger partial charge in [-0.15, -0.1) is 0 Å². The van der Waals surface area contributed by atoms with Gasteiger partial charge < -0.3 is 10.4 Å². The van der Waals surface area contributed by atoms with E-state index >= 15 is 0 Å².